The first-order valence-electron chi connectivity index (χ1n) is 10.6. The van der Waals surface area contributed by atoms with Gasteiger partial charge in [0.1, 0.15) is 12.3 Å². The molecule has 32 heavy (non-hydrogen) atoms. The summed E-state index contributed by atoms with van der Waals surface area (Å²) in [5.41, 5.74) is 4.35. The zero-order chi connectivity index (χ0) is 22.1. The molecule has 4 aromatic rings. The van der Waals surface area contributed by atoms with Crippen LogP contribution < -0.4 is 10.1 Å². The van der Waals surface area contributed by atoms with E-state index in [0.717, 1.165) is 23.7 Å². The van der Waals surface area contributed by atoms with Gasteiger partial charge in [0.15, 0.2) is 5.78 Å². The van der Waals surface area contributed by atoms with Crippen molar-refractivity contribution in [1.29, 1.82) is 0 Å². The summed E-state index contributed by atoms with van der Waals surface area (Å²) in [6.45, 7) is 0.122. The van der Waals surface area contributed by atoms with E-state index < -0.39 is 0 Å². The van der Waals surface area contributed by atoms with E-state index >= 15 is 0 Å². The Kier molecular flexibility index (Phi) is 5.19. The number of aryl methyl sites for hydroxylation is 1. The number of benzene rings is 2. The Morgan fingerprint density at radius 3 is 2.75 bits per heavy atom. The maximum Gasteiger partial charge on any atom is 0.240 e. The van der Waals surface area contributed by atoms with Crippen LogP contribution in [-0.4, -0.2) is 28.4 Å². The third-order valence-electron chi connectivity index (χ3n) is 6.06. The average Bonchev–Trinajstić information content (AvgIpc) is 3.40. The Morgan fingerprint density at radius 1 is 1.12 bits per heavy atom. The molecule has 0 bridgehead atoms. The van der Waals surface area contributed by atoms with Crippen molar-refractivity contribution in [3.05, 3.63) is 95.4 Å². The van der Waals surface area contributed by atoms with Crippen LogP contribution in [0.25, 0.3) is 10.9 Å². The van der Waals surface area contributed by atoms with Crippen molar-refractivity contribution in [3.8, 4) is 5.75 Å². The van der Waals surface area contributed by atoms with E-state index in [1.807, 2.05) is 18.2 Å². The van der Waals surface area contributed by atoms with Crippen LogP contribution in [-0.2, 0) is 17.8 Å². The molecule has 0 radical (unpaired) electrons. The predicted molar refractivity (Wildman–Crippen MR) is 122 cm³/mol. The number of fused-ring (bicyclic) bond motifs is 2. The fourth-order valence-corrected chi connectivity index (χ4v) is 4.45. The van der Waals surface area contributed by atoms with Crippen molar-refractivity contribution in [2.75, 3.05) is 7.11 Å². The molecule has 0 saturated carbocycles. The first kappa shape index (κ1) is 20.0. The Morgan fingerprint density at radius 2 is 1.94 bits per heavy atom. The number of nitrogens with one attached hydrogen (secondary N) is 1. The minimum absolute atomic E-state index is 0.0269. The summed E-state index contributed by atoms with van der Waals surface area (Å²) >= 11 is 0. The van der Waals surface area contributed by atoms with Crippen molar-refractivity contribution in [2.45, 2.75) is 25.4 Å². The number of aromatic nitrogens is 2. The fraction of sp³-hybridized carbons (Fsp3) is 0.192. The molecule has 2 aromatic carbocycles. The quantitative estimate of drug-likeness (QED) is 0.473. The van der Waals surface area contributed by atoms with E-state index in [0.29, 0.717) is 16.9 Å². The molecule has 2 heterocycles. The van der Waals surface area contributed by atoms with Gasteiger partial charge >= 0.3 is 0 Å². The molecule has 1 unspecified atom stereocenters. The number of carbonyl (C=O) groups is 2. The molecular weight excluding hydrogens is 402 g/mol. The monoisotopic (exact) mass is 425 g/mol. The maximum atomic E-state index is 13.2. The summed E-state index contributed by atoms with van der Waals surface area (Å²) in [5.74, 6) is 0.502. The van der Waals surface area contributed by atoms with Crippen molar-refractivity contribution >= 4 is 22.6 Å². The molecule has 160 valence electrons. The zero-order valence-corrected chi connectivity index (χ0v) is 17.7. The van der Waals surface area contributed by atoms with Gasteiger partial charge in [0, 0.05) is 28.9 Å². The Bertz CT molecular complexity index is 1310. The molecule has 0 fully saturated rings. The Hall–Kier alpha value is -3.93. The molecule has 6 nitrogen and oxygen atoms in total. The lowest BCUT2D eigenvalue weighted by Crippen LogP contribution is -2.30. The largest absolute Gasteiger partial charge is 0.497 e. The highest BCUT2D eigenvalue weighted by Gasteiger charge is 2.24. The van der Waals surface area contributed by atoms with Crippen LogP contribution in [0.2, 0.25) is 0 Å². The van der Waals surface area contributed by atoms with Crippen molar-refractivity contribution < 1.29 is 14.3 Å². The lowest BCUT2D eigenvalue weighted by Gasteiger charge is -2.14. The van der Waals surface area contributed by atoms with Gasteiger partial charge in [0.2, 0.25) is 5.91 Å². The van der Waals surface area contributed by atoms with Gasteiger partial charge in [0.05, 0.1) is 24.9 Å². The van der Waals surface area contributed by atoms with Crippen molar-refractivity contribution in [2.24, 2.45) is 0 Å². The standard InChI is InChI=1S/C26H23N3O3/c1-32-19-9-6-18(7-10-19)26(31)22-15-29(24-14-27-13-12-21(22)24)16-25(30)28-23-11-8-17-4-2-3-5-20(17)23/h2-7,9-10,12-15,23H,8,11,16H2,1H3,(H,28,30). The molecule has 0 saturated heterocycles. The van der Waals surface area contributed by atoms with Crippen molar-refractivity contribution in [1.82, 2.24) is 14.9 Å². The van der Waals surface area contributed by atoms with Crippen LogP contribution in [0.1, 0.15) is 39.5 Å². The summed E-state index contributed by atoms with van der Waals surface area (Å²) in [6, 6.07) is 17.1. The third-order valence-corrected chi connectivity index (χ3v) is 6.06. The molecule has 1 amide bonds. The number of carbonyl (C=O) groups excluding carboxylic acids is 2. The smallest absolute Gasteiger partial charge is 0.240 e. The highest BCUT2D eigenvalue weighted by molar-refractivity contribution is 6.16. The summed E-state index contributed by atoms with van der Waals surface area (Å²) in [5, 5.41) is 3.93. The molecule has 1 N–H and O–H groups in total. The molecule has 6 heteroatoms. The van der Waals surface area contributed by atoms with Gasteiger partial charge in [-0.1, -0.05) is 24.3 Å². The van der Waals surface area contributed by atoms with E-state index in [2.05, 4.69) is 22.4 Å². The van der Waals surface area contributed by atoms with Gasteiger partial charge in [-0.15, -0.1) is 0 Å². The molecule has 1 aliphatic rings. The number of ether oxygens (including phenoxy) is 1. The molecule has 0 aliphatic heterocycles. The molecular formula is C26H23N3O3. The number of amides is 1. The second-order valence-electron chi connectivity index (χ2n) is 7.98. The van der Waals surface area contributed by atoms with E-state index in [1.165, 1.54) is 11.1 Å². The highest BCUT2D eigenvalue weighted by atomic mass is 16.5. The molecule has 0 spiro atoms. The normalized spacial score (nSPS) is 14.8. The number of pyridine rings is 1. The number of hydrogen-bond donors (Lipinski definition) is 1. The topological polar surface area (TPSA) is 73.2 Å². The van der Waals surface area contributed by atoms with Crippen LogP contribution >= 0.6 is 0 Å². The molecule has 1 atom stereocenters. The van der Waals surface area contributed by atoms with E-state index in [9.17, 15) is 9.59 Å². The first-order valence-corrected chi connectivity index (χ1v) is 10.6. The van der Waals surface area contributed by atoms with Crippen LogP contribution in [0, 0.1) is 0 Å². The van der Waals surface area contributed by atoms with Crippen LogP contribution in [0.4, 0.5) is 0 Å². The molecule has 1 aliphatic carbocycles. The third kappa shape index (κ3) is 3.64. The van der Waals surface area contributed by atoms with Crippen LogP contribution in [0.3, 0.4) is 0 Å². The number of hydrogen-bond acceptors (Lipinski definition) is 4. The minimum Gasteiger partial charge on any atom is -0.497 e. The maximum absolute atomic E-state index is 13.2. The number of nitrogens with zero attached hydrogens (tertiary/aromatic N) is 2. The predicted octanol–water partition coefficient (Wildman–Crippen LogP) is 4.08. The summed E-state index contributed by atoms with van der Waals surface area (Å²) in [4.78, 5) is 30.3. The summed E-state index contributed by atoms with van der Waals surface area (Å²) in [6.07, 6.45) is 6.98. The molecule has 5 rings (SSSR count). The van der Waals surface area contributed by atoms with E-state index in [-0.39, 0.29) is 24.3 Å². The highest BCUT2D eigenvalue weighted by Crippen LogP contribution is 2.31. The summed E-state index contributed by atoms with van der Waals surface area (Å²) < 4.78 is 6.98. The van der Waals surface area contributed by atoms with Gasteiger partial charge < -0.3 is 14.6 Å². The molecule has 2 aromatic heterocycles. The second-order valence-corrected chi connectivity index (χ2v) is 7.98. The SMILES string of the molecule is COc1ccc(C(=O)c2cn(CC(=O)NC3CCc4ccccc43)c3cnccc23)cc1. The average molecular weight is 425 g/mol. The lowest BCUT2D eigenvalue weighted by molar-refractivity contribution is -0.122. The van der Waals surface area contributed by atoms with Gasteiger partial charge in [0.25, 0.3) is 0 Å². The van der Waals surface area contributed by atoms with E-state index in [4.69, 9.17) is 4.74 Å². The van der Waals surface area contributed by atoms with Crippen molar-refractivity contribution in [3.63, 3.8) is 0 Å². The minimum atomic E-state index is -0.104. The number of ketones is 1. The van der Waals surface area contributed by atoms with E-state index in [1.54, 1.807) is 54.5 Å². The van der Waals surface area contributed by atoms with Crippen LogP contribution in [0.15, 0.2) is 73.2 Å². The van der Waals surface area contributed by atoms with Gasteiger partial charge in [-0.05, 0) is 54.3 Å². The number of methoxy groups -OCH3 is 1. The first-order chi connectivity index (χ1) is 15.6. The van der Waals surface area contributed by atoms with Crippen LogP contribution in [0.5, 0.6) is 5.75 Å². The zero-order valence-electron chi connectivity index (χ0n) is 17.7. The second kappa shape index (κ2) is 8.30. The fourth-order valence-electron chi connectivity index (χ4n) is 4.45. The van der Waals surface area contributed by atoms with Gasteiger partial charge in [-0.2, -0.15) is 0 Å². The Balaban J connectivity index is 1.40. The lowest BCUT2D eigenvalue weighted by atomic mass is 10.0. The Labute approximate surface area is 185 Å². The summed E-state index contributed by atoms with van der Waals surface area (Å²) in [7, 11) is 1.59. The van der Waals surface area contributed by atoms with Gasteiger partial charge in [-0.3, -0.25) is 14.6 Å². The number of rotatable bonds is 6. The van der Waals surface area contributed by atoms with Gasteiger partial charge in [-0.25, -0.2) is 0 Å².